The number of hydrogen-bond acceptors (Lipinski definition) is 0. The van der Waals surface area contributed by atoms with Gasteiger partial charge in [-0.1, -0.05) is 0 Å². The van der Waals surface area contributed by atoms with Gasteiger partial charge in [0.1, 0.15) is 0 Å². The SMILES string of the molecule is [La+3].[O-2].[O-2].[Zn+2]. The molecule has 4 heavy (non-hydrogen) atoms. The van der Waals surface area contributed by atoms with Crippen molar-refractivity contribution in [1.29, 1.82) is 0 Å². The maximum atomic E-state index is 0. The van der Waals surface area contributed by atoms with Crippen LogP contribution in [0.2, 0.25) is 0 Å². The van der Waals surface area contributed by atoms with Crippen molar-refractivity contribution in [2.24, 2.45) is 0 Å². The van der Waals surface area contributed by atoms with Gasteiger partial charge >= 0.3 is 55.1 Å². The average molecular weight is 236 g/mol. The van der Waals surface area contributed by atoms with Crippen molar-refractivity contribution >= 4 is 0 Å². The van der Waals surface area contributed by atoms with E-state index in [-0.39, 0.29) is 66.0 Å². The molecule has 0 saturated heterocycles. The summed E-state index contributed by atoms with van der Waals surface area (Å²) in [7, 11) is 0. The molecule has 0 heterocycles. The van der Waals surface area contributed by atoms with Crippen LogP contribution in [0.25, 0.3) is 0 Å². The van der Waals surface area contributed by atoms with Gasteiger partial charge in [-0.15, -0.1) is 0 Å². The normalized spacial score (nSPS) is 0. The van der Waals surface area contributed by atoms with Crippen LogP contribution in [-0.2, 0) is 30.4 Å². The van der Waals surface area contributed by atoms with Gasteiger partial charge in [-0.2, -0.15) is 0 Å². The van der Waals surface area contributed by atoms with Gasteiger partial charge in [-0.3, -0.25) is 0 Å². The molecule has 0 unspecified atom stereocenters. The molecule has 0 bridgehead atoms. The molecule has 0 spiro atoms. The Morgan fingerprint density at radius 2 is 0.750 bits per heavy atom. The zero-order chi connectivity index (χ0) is 0. The Hall–Kier alpha value is 1.74. The topological polar surface area (TPSA) is 57.0 Å². The third-order valence-corrected chi connectivity index (χ3v) is 0. The fraction of sp³-hybridized carbons (Fsp3) is 0. The van der Waals surface area contributed by atoms with Gasteiger partial charge in [0.15, 0.2) is 0 Å². The van der Waals surface area contributed by atoms with Crippen molar-refractivity contribution in [3.63, 3.8) is 0 Å². The minimum atomic E-state index is 0. The number of hydrogen-bond donors (Lipinski definition) is 0. The van der Waals surface area contributed by atoms with Crippen molar-refractivity contribution in [2.75, 3.05) is 0 Å². The molecule has 16 valence electrons. The summed E-state index contributed by atoms with van der Waals surface area (Å²) in [5, 5.41) is 0. The Morgan fingerprint density at radius 1 is 0.750 bits per heavy atom. The van der Waals surface area contributed by atoms with E-state index < -0.39 is 0 Å². The second kappa shape index (κ2) is 21.9. The summed E-state index contributed by atoms with van der Waals surface area (Å²) in [6.45, 7) is 0. The second-order valence-corrected chi connectivity index (χ2v) is 0. The zero-order valence-corrected chi connectivity index (χ0v) is 8.69. The Labute approximate surface area is 65.3 Å². The molecule has 0 aliphatic carbocycles. The molecule has 2 nitrogen and oxygen atoms in total. The van der Waals surface area contributed by atoms with Gasteiger partial charge in [-0.05, 0) is 0 Å². The summed E-state index contributed by atoms with van der Waals surface area (Å²) < 4.78 is 0. The first-order valence-corrected chi connectivity index (χ1v) is 0. The zero-order valence-electron chi connectivity index (χ0n) is 2.10. The maximum Gasteiger partial charge on any atom is 3.00 e. The van der Waals surface area contributed by atoms with Crippen LogP contribution < -0.4 is 0 Å². The fourth-order valence-electron chi connectivity index (χ4n) is 0. The molecule has 0 N–H and O–H groups in total. The van der Waals surface area contributed by atoms with Crippen LogP contribution in [0.3, 0.4) is 0 Å². The summed E-state index contributed by atoms with van der Waals surface area (Å²) in [5.74, 6) is 0. The third-order valence-electron chi connectivity index (χ3n) is 0. The molecule has 0 rings (SSSR count). The molecule has 0 aliphatic heterocycles. The van der Waals surface area contributed by atoms with Gasteiger partial charge in [0, 0.05) is 0 Å². The van der Waals surface area contributed by atoms with Crippen LogP contribution in [0, 0.1) is 35.6 Å². The molecule has 0 aliphatic rings. The van der Waals surface area contributed by atoms with E-state index in [0.29, 0.717) is 0 Å². The van der Waals surface area contributed by atoms with E-state index in [2.05, 4.69) is 0 Å². The van der Waals surface area contributed by atoms with E-state index >= 15 is 0 Å². The molecule has 0 atom stereocenters. The largest absolute Gasteiger partial charge is 3.00 e. The molecule has 0 aromatic rings. The van der Waals surface area contributed by atoms with Crippen molar-refractivity contribution in [2.45, 2.75) is 0 Å². The predicted molar refractivity (Wildman–Crippen MR) is 1.37 cm³/mol. The first kappa shape index (κ1) is 42.6. The Morgan fingerprint density at radius 3 is 0.750 bits per heavy atom. The molecule has 4 heteroatoms. The quantitative estimate of drug-likeness (QED) is 0.521. The molecule has 0 fully saturated rings. The van der Waals surface area contributed by atoms with Crippen LogP contribution in [0.15, 0.2) is 0 Å². The van der Waals surface area contributed by atoms with Crippen LogP contribution in [0.1, 0.15) is 0 Å². The Bertz CT molecular complexity index is 6.00. The summed E-state index contributed by atoms with van der Waals surface area (Å²) in [4.78, 5) is 0. The van der Waals surface area contributed by atoms with Crippen molar-refractivity contribution in [3.8, 4) is 0 Å². The fourth-order valence-corrected chi connectivity index (χ4v) is 0. The van der Waals surface area contributed by atoms with E-state index in [0.717, 1.165) is 0 Å². The molecular formula is LaO2Zn+. The average Bonchev–Trinajstić information content (AvgIpc) is 0. The van der Waals surface area contributed by atoms with Gasteiger partial charge in [-0.25, -0.2) is 0 Å². The van der Waals surface area contributed by atoms with Gasteiger partial charge in [0.25, 0.3) is 0 Å². The summed E-state index contributed by atoms with van der Waals surface area (Å²) in [6.07, 6.45) is 0. The third kappa shape index (κ3) is 9.28. The maximum absolute atomic E-state index is 0. The second-order valence-electron chi connectivity index (χ2n) is 0. The summed E-state index contributed by atoms with van der Waals surface area (Å²) in [6, 6.07) is 0. The molecule has 0 aromatic carbocycles. The van der Waals surface area contributed by atoms with E-state index in [9.17, 15) is 0 Å². The standard InChI is InChI=1S/La.2O.Zn/q+3;2*-2;+2. The minimum Gasteiger partial charge on any atom is -2.00 e. The summed E-state index contributed by atoms with van der Waals surface area (Å²) >= 11 is 0. The van der Waals surface area contributed by atoms with Crippen LogP contribution in [0.5, 0.6) is 0 Å². The Kier molecular flexibility index (Phi) is 234. The van der Waals surface area contributed by atoms with Crippen molar-refractivity contribution in [3.05, 3.63) is 0 Å². The van der Waals surface area contributed by atoms with E-state index in [4.69, 9.17) is 0 Å². The smallest absolute Gasteiger partial charge is 2.00 e. The van der Waals surface area contributed by atoms with E-state index in [1.54, 1.807) is 0 Å². The summed E-state index contributed by atoms with van der Waals surface area (Å²) in [5.41, 5.74) is 0. The molecule has 0 radical (unpaired) electrons. The van der Waals surface area contributed by atoms with Crippen LogP contribution >= 0.6 is 0 Å². The Balaban J connectivity index is 0. The van der Waals surface area contributed by atoms with Crippen LogP contribution in [-0.4, -0.2) is 0 Å². The molecule has 0 saturated carbocycles. The molecular weight excluding hydrogens is 236 g/mol. The van der Waals surface area contributed by atoms with E-state index in [1.165, 1.54) is 0 Å². The van der Waals surface area contributed by atoms with E-state index in [1.807, 2.05) is 0 Å². The van der Waals surface area contributed by atoms with Gasteiger partial charge in [0.2, 0.25) is 0 Å². The first-order valence-electron chi connectivity index (χ1n) is 0. The minimum absolute atomic E-state index is 0. The number of rotatable bonds is 0. The van der Waals surface area contributed by atoms with Gasteiger partial charge in [0.05, 0.1) is 0 Å². The van der Waals surface area contributed by atoms with Crippen molar-refractivity contribution < 1.29 is 66.0 Å². The predicted octanol–water partition coefficient (Wildman–Crippen LogP) is -0.240. The first-order chi connectivity index (χ1) is 0. The van der Waals surface area contributed by atoms with Gasteiger partial charge < -0.3 is 11.0 Å². The van der Waals surface area contributed by atoms with Crippen LogP contribution in [0.4, 0.5) is 0 Å². The monoisotopic (exact) mass is 235 g/mol. The molecule has 0 amide bonds. The molecule has 0 aromatic heterocycles. The van der Waals surface area contributed by atoms with Crippen molar-refractivity contribution in [1.82, 2.24) is 0 Å².